The molecule has 1 aliphatic heterocycles. The molecule has 126 valence electrons. The molecule has 0 spiro atoms. The van der Waals surface area contributed by atoms with Crippen molar-refractivity contribution in [2.45, 2.75) is 31.7 Å². The van der Waals surface area contributed by atoms with Crippen LogP contribution in [0.4, 0.5) is 0 Å². The van der Waals surface area contributed by atoms with Gasteiger partial charge in [-0.25, -0.2) is 13.2 Å². The molecule has 1 aromatic carbocycles. The monoisotopic (exact) mass is 346 g/mol. The van der Waals surface area contributed by atoms with Gasteiger partial charge < -0.3 is 5.11 Å². The van der Waals surface area contributed by atoms with Crippen LogP contribution in [0.15, 0.2) is 35.5 Å². The number of fused-ring (bicyclic) bond motifs is 1. The maximum Gasteiger partial charge on any atom is 0.337 e. The zero-order valence-electron chi connectivity index (χ0n) is 13.5. The van der Waals surface area contributed by atoms with E-state index in [0.717, 1.165) is 11.1 Å². The van der Waals surface area contributed by atoms with Gasteiger partial charge in [0.2, 0.25) is 10.0 Å². The van der Waals surface area contributed by atoms with Gasteiger partial charge >= 0.3 is 5.97 Å². The summed E-state index contributed by atoms with van der Waals surface area (Å²) in [5, 5.41) is 9.23. The van der Waals surface area contributed by atoms with Crippen molar-refractivity contribution in [1.82, 2.24) is 9.29 Å². The van der Waals surface area contributed by atoms with Crippen LogP contribution in [0.1, 0.15) is 32.6 Å². The van der Waals surface area contributed by atoms with Gasteiger partial charge in [0.15, 0.2) is 0 Å². The van der Waals surface area contributed by atoms with Gasteiger partial charge in [-0.2, -0.15) is 4.31 Å². The normalized spacial score (nSPS) is 15.1. The predicted molar refractivity (Wildman–Crippen MR) is 88.4 cm³/mol. The van der Waals surface area contributed by atoms with E-state index >= 15 is 0 Å². The molecule has 0 amide bonds. The second-order valence-electron chi connectivity index (χ2n) is 5.96. The van der Waals surface area contributed by atoms with Crippen LogP contribution in [0.3, 0.4) is 0 Å². The Morgan fingerprint density at radius 3 is 2.62 bits per heavy atom. The number of sulfonamides is 1. The van der Waals surface area contributed by atoms with Crippen molar-refractivity contribution in [3.8, 4) is 0 Å². The number of carbonyl (C=O) groups is 1. The van der Waals surface area contributed by atoms with Crippen LogP contribution in [0, 0.1) is 13.8 Å². The first-order chi connectivity index (χ1) is 11.3. The minimum Gasteiger partial charge on any atom is -0.478 e. The Bertz CT molecular complexity index is 922. The van der Waals surface area contributed by atoms with Crippen LogP contribution < -0.4 is 0 Å². The number of carboxylic acid groups (broad SMARTS) is 1. The zero-order chi connectivity index (χ0) is 17.5. The first kappa shape index (κ1) is 16.6. The van der Waals surface area contributed by atoms with Gasteiger partial charge in [0, 0.05) is 25.5 Å². The predicted octanol–water partition coefficient (Wildman–Crippen LogP) is 2.14. The summed E-state index contributed by atoms with van der Waals surface area (Å²) in [6, 6.07) is 5.08. The van der Waals surface area contributed by atoms with E-state index in [-0.39, 0.29) is 23.5 Å². The highest BCUT2D eigenvalue weighted by Gasteiger charge is 2.30. The number of benzene rings is 1. The van der Waals surface area contributed by atoms with Crippen molar-refractivity contribution in [3.63, 3.8) is 0 Å². The third kappa shape index (κ3) is 2.81. The summed E-state index contributed by atoms with van der Waals surface area (Å²) in [6.07, 6.45) is 3.22. The molecule has 0 unspecified atom stereocenters. The SMILES string of the molecule is Cc1ccc(S(=O)(=O)N2CCc3c(cncc3C(=O)O)C2)cc1C. The standard InChI is InChI=1S/C17H18N2O4S/c1-11-3-4-14(7-12(11)2)24(22,23)19-6-5-15-13(10-19)8-18-9-16(15)17(20)21/h3-4,7-9H,5-6,10H2,1-2H3,(H,20,21). The molecule has 0 saturated heterocycles. The number of hydrogen-bond donors (Lipinski definition) is 1. The van der Waals surface area contributed by atoms with Gasteiger partial charge in [-0.05, 0) is 54.7 Å². The summed E-state index contributed by atoms with van der Waals surface area (Å²) in [5.41, 5.74) is 3.42. The molecule has 0 atom stereocenters. The lowest BCUT2D eigenvalue weighted by Crippen LogP contribution is -2.36. The maximum atomic E-state index is 12.9. The quantitative estimate of drug-likeness (QED) is 0.920. The summed E-state index contributed by atoms with van der Waals surface area (Å²) in [5.74, 6) is -1.04. The molecule has 1 aromatic heterocycles. The fourth-order valence-electron chi connectivity index (χ4n) is 2.88. The Morgan fingerprint density at radius 1 is 1.21 bits per heavy atom. The van der Waals surface area contributed by atoms with Gasteiger partial charge in [0.1, 0.15) is 0 Å². The topological polar surface area (TPSA) is 87.6 Å². The minimum absolute atomic E-state index is 0.138. The van der Waals surface area contributed by atoms with E-state index in [1.807, 2.05) is 13.8 Å². The van der Waals surface area contributed by atoms with E-state index in [0.29, 0.717) is 17.5 Å². The van der Waals surface area contributed by atoms with Crippen LogP contribution >= 0.6 is 0 Å². The van der Waals surface area contributed by atoms with Crippen LogP contribution in [0.5, 0.6) is 0 Å². The second kappa shape index (κ2) is 5.99. The Balaban J connectivity index is 1.96. The summed E-state index contributed by atoms with van der Waals surface area (Å²) in [6.45, 7) is 4.20. The fraction of sp³-hybridized carbons (Fsp3) is 0.294. The first-order valence-electron chi connectivity index (χ1n) is 7.57. The molecule has 0 fully saturated rings. The molecule has 2 heterocycles. The first-order valence-corrected chi connectivity index (χ1v) is 9.01. The minimum atomic E-state index is -3.62. The molecule has 3 rings (SSSR count). The molecule has 1 aliphatic rings. The highest BCUT2D eigenvalue weighted by atomic mass is 32.2. The van der Waals surface area contributed by atoms with Crippen LogP contribution in [-0.4, -0.2) is 35.3 Å². The molecular weight excluding hydrogens is 328 g/mol. The van der Waals surface area contributed by atoms with E-state index < -0.39 is 16.0 Å². The second-order valence-corrected chi connectivity index (χ2v) is 7.90. The zero-order valence-corrected chi connectivity index (χ0v) is 14.3. The summed E-state index contributed by atoms with van der Waals surface area (Å²) >= 11 is 0. The van der Waals surface area contributed by atoms with Crippen molar-refractivity contribution in [2.24, 2.45) is 0 Å². The van der Waals surface area contributed by atoms with Crippen molar-refractivity contribution in [1.29, 1.82) is 0 Å². The third-order valence-corrected chi connectivity index (χ3v) is 6.29. The molecule has 24 heavy (non-hydrogen) atoms. The van der Waals surface area contributed by atoms with E-state index in [1.54, 1.807) is 24.4 Å². The Hall–Kier alpha value is -2.25. The highest BCUT2D eigenvalue weighted by Crippen LogP contribution is 2.27. The summed E-state index contributed by atoms with van der Waals surface area (Å²) < 4.78 is 27.1. The van der Waals surface area contributed by atoms with Gasteiger partial charge in [-0.3, -0.25) is 4.98 Å². The van der Waals surface area contributed by atoms with Crippen LogP contribution in [0.25, 0.3) is 0 Å². The third-order valence-electron chi connectivity index (χ3n) is 4.45. The number of rotatable bonds is 3. The molecule has 1 N–H and O–H groups in total. The summed E-state index contributed by atoms with van der Waals surface area (Å²) in [7, 11) is -3.62. The molecule has 7 heteroatoms. The number of pyridine rings is 1. The molecule has 0 bridgehead atoms. The van der Waals surface area contributed by atoms with Gasteiger partial charge in [0.05, 0.1) is 10.5 Å². The Kier molecular flexibility index (Phi) is 4.15. The lowest BCUT2D eigenvalue weighted by Gasteiger charge is -2.28. The largest absolute Gasteiger partial charge is 0.478 e. The van der Waals surface area contributed by atoms with E-state index in [4.69, 9.17) is 0 Å². The van der Waals surface area contributed by atoms with Crippen LogP contribution in [0.2, 0.25) is 0 Å². The van der Waals surface area contributed by atoms with Crippen molar-refractivity contribution >= 4 is 16.0 Å². The number of nitrogens with zero attached hydrogens (tertiary/aromatic N) is 2. The van der Waals surface area contributed by atoms with E-state index in [9.17, 15) is 18.3 Å². The number of carboxylic acids is 1. The van der Waals surface area contributed by atoms with Crippen molar-refractivity contribution < 1.29 is 18.3 Å². The lowest BCUT2D eigenvalue weighted by molar-refractivity contribution is 0.0694. The van der Waals surface area contributed by atoms with Crippen LogP contribution in [-0.2, 0) is 23.0 Å². The van der Waals surface area contributed by atoms with Crippen molar-refractivity contribution in [3.05, 3.63) is 58.4 Å². The van der Waals surface area contributed by atoms with Crippen molar-refractivity contribution in [2.75, 3.05) is 6.54 Å². The molecule has 6 nitrogen and oxygen atoms in total. The maximum absolute atomic E-state index is 12.9. The molecule has 0 radical (unpaired) electrons. The number of hydrogen-bond acceptors (Lipinski definition) is 4. The fourth-order valence-corrected chi connectivity index (χ4v) is 4.39. The van der Waals surface area contributed by atoms with Gasteiger partial charge in [0.25, 0.3) is 0 Å². The Morgan fingerprint density at radius 2 is 1.96 bits per heavy atom. The van der Waals surface area contributed by atoms with Gasteiger partial charge in [-0.15, -0.1) is 0 Å². The number of aromatic carboxylic acids is 1. The van der Waals surface area contributed by atoms with E-state index in [2.05, 4.69) is 4.98 Å². The molecule has 2 aromatic rings. The average molecular weight is 346 g/mol. The van der Waals surface area contributed by atoms with E-state index in [1.165, 1.54) is 10.5 Å². The number of aryl methyl sites for hydroxylation is 2. The molecular formula is C17H18N2O4S. The average Bonchev–Trinajstić information content (AvgIpc) is 2.56. The number of aromatic nitrogens is 1. The lowest BCUT2D eigenvalue weighted by atomic mass is 9.98. The smallest absolute Gasteiger partial charge is 0.337 e. The van der Waals surface area contributed by atoms with Gasteiger partial charge in [-0.1, -0.05) is 6.07 Å². The highest BCUT2D eigenvalue weighted by molar-refractivity contribution is 7.89. The molecule has 0 aliphatic carbocycles. The molecule has 0 saturated carbocycles. The summed E-state index contributed by atoms with van der Waals surface area (Å²) in [4.78, 5) is 15.5. The Labute approximate surface area is 140 Å².